The van der Waals surface area contributed by atoms with Crippen LogP contribution >= 0.6 is 0 Å². The van der Waals surface area contributed by atoms with Crippen LogP contribution in [0, 0.1) is 5.41 Å². The van der Waals surface area contributed by atoms with Gasteiger partial charge in [0, 0.05) is 5.57 Å². The molecule has 0 aromatic carbocycles. The Morgan fingerprint density at radius 3 is 2.20 bits per heavy atom. The van der Waals surface area contributed by atoms with Crippen LogP contribution in [0.25, 0.3) is 0 Å². The number of rotatable bonds is 5. The monoisotopic (exact) mass is 210 g/mol. The van der Waals surface area contributed by atoms with Crippen molar-refractivity contribution in [1.29, 1.82) is 0 Å². The van der Waals surface area contributed by atoms with Gasteiger partial charge >= 0.3 is 0 Å². The molecular weight excluding hydrogens is 194 g/mol. The maximum Gasteiger partial charge on any atom is 0.246 e. The van der Waals surface area contributed by atoms with Gasteiger partial charge in [0.05, 0.1) is 11.5 Å². The van der Waals surface area contributed by atoms with Crippen molar-refractivity contribution in [2.45, 2.75) is 33.7 Å². The molecule has 0 heterocycles. The molecule has 1 unspecified atom stereocenters. The standard InChI is InChI=1S/C11H16NO3/c1-7(2)10(15)12-8(3)9(14)11(4,5)6-13/h8H,1H2,2-5H3,(H,12,15). The molecule has 0 spiro atoms. The normalized spacial score (nSPS) is 12.8. The Hall–Kier alpha value is -1.45. The molecule has 4 nitrogen and oxygen atoms in total. The van der Waals surface area contributed by atoms with Crippen molar-refractivity contribution < 1.29 is 14.4 Å². The first-order valence-electron chi connectivity index (χ1n) is 4.62. The number of hydrogen-bond acceptors (Lipinski definition) is 3. The molecule has 1 amide bonds. The predicted octanol–water partition coefficient (Wildman–Crippen LogP) is 0.772. The lowest BCUT2D eigenvalue weighted by molar-refractivity contribution is -0.129. The van der Waals surface area contributed by atoms with Gasteiger partial charge in [0.15, 0.2) is 5.78 Å². The summed E-state index contributed by atoms with van der Waals surface area (Å²) in [6.07, 6.45) is 1.65. The number of carbonyl (C=O) groups is 2. The topological polar surface area (TPSA) is 63.2 Å². The molecule has 0 aliphatic carbocycles. The summed E-state index contributed by atoms with van der Waals surface area (Å²) >= 11 is 0. The van der Waals surface area contributed by atoms with E-state index in [1.807, 2.05) is 0 Å². The molecule has 0 aliphatic heterocycles. The molecule has 4 heteroatoms. The van der Waals surface area contributed by atoms with Crippen LogP contribution in [0.4, 0.5) is 0 Å². The van der Waals surface area contributed by atoms with Crippen LogP contribution in [0.2, 0.25) is 0 Å². The van der Waals surface area contributed by atoms with E-state index in [4.69, 9.17) is 0 Å². The van der Waals surface area contributed by atoms with Crippen molar-refractivity contribution in [3.8, 4) is 0 Å². The average Bonchev–Trinajstić information content (AvgIpc) is 2.16. The van der Waals surface area contributed by atoms with Crippen molar-refractivity contribution in [2.24, 2.45) is 5.41 Å². The second-order valence-electron chi connectivity index (χ2n) is 4.07. The molecule has 1 N–H and O–H groups in total. The second-order valence-corrected chi connectivity index (χ2v) is 4.07. The average molecular weight is 210 g/mol. The molecule has 0 bridgehead atoms. The highest BCUT2D eigenvalue weighted by Crippen LogP contribution is 2.14. The number of hydrogen-bond donors (Lipinski definition) is 1. The summed E-state index contributed by atoms with van der Waals surface area (Å²) in [6, 6.07) is -0.717. The van der Waals surface area contributed by atoms with E-state index in [0.29, 0.717) is 5.57 Å². The summed E-state index contributed by atoms with van der Waals surface area (Å²) in [7, 11) is 0. The maximum atomic E-state index is 11.6. The van der Waals surface area contributed by atoms with Gasteiger partial charge in [-0.2, -0.15) is 0 Å². The van der Waals surface area contributed by atoms with Crippen molar-refractivity contribution in [3.05, 3.63) is 12.2 Å². The van der Waals surface area contributed by atoms with Crippen molar-refractivity contribution in [2.75, 3.05) is 0 Å². The molecule has 1 radical (unpaired) electrons. The summed E-state index contributed by atoms with van der Waals surface area (Å²) in [5.74, 6) is -0.760. The highest BCUT2D eigenvalue weighted by molar-refractivity contribution is 6.03. The molecule has 1 atom stereocenters. The van der Waals surface area contributed by atoms with Crippen molar-refractivity contribution in [3.63, 3.8) is 0 Å². The third kappa shape index (κ3) is 3.65. The highest BCUT2D eigenvalue weighted by atomic mass is 16.2. The Morgan fingerprint density at radius 2 is 1.87 bits per heavy atom. The minimum absolute atomic E-state index is 0.322. The van der Waals surface area contributed by atoms with Crippen LogP contribution in [0.3, 0.4) is 0 Å². The lowest BCUT2D eigenvalue weighted by Crippen LogP contribution is -2.45. The van der Waals surface area contributed by atoms with Crippen LogP contribution in [-0.2, 0) is 14.4 Å². The van der Waals surface area contributed by atoms with E-state index in [-0.39, 0.29) is 5.78 Å². The van der Waals surface area contributed by atoms with Gasteiger partial charge in [-0.25, -0.2) is 0 Å². The largest absolute Gasteiger partial charge is 0.343 e. The van der Waals surface area contributed by atoms with Crippen LogP contribution < -0.4 is 5.32 Å². The summed E-state index contributed by atoms with van der Waals surface area (Å²) in [6.45, 7) is 9.45. The van der Waals surface area contributed by atoms with Gasteiger partial charge in [-0.05, 0) is 27.7 Å². The molecule has 0 saturated heterocycles. The second kappa shape index (κ2) is 4.87. The lowest BCUT2D eigenvalue weighted by Gasteiger charge is -2.20. The van der Waals surface area contributed by atoms with Crippen LogP contribution in [0.1, 0.15) is 27.7 Å². The predicted molar refractivity (Wildman–Crippen MR) is 56.9 cm³/mol. The van der Waals surface area contributed by atoms with Gasteiger partial charge in [0.1, 0.15) is 0 Å². The number of carbonyl (C=O) groups excluding carboxylic acids is 3. The summed E-state index contributed by atoms with van der Waals surface area (Å²) in [5.41, 5.74) is -0.871. The van der Waals surface area contributed by atoms with E-state index in [0.717, 1.165) is 0 Å². The fraction of sp³-hybridized carbons (Fsp3) is 0.545. The van der Waals surface area contributed by atoms with Gasteiger partial charge in [0.25, 0.3) is 0 Å². The van der Waals surface area contributed by atoms with Gasteiger partial charge in [0.2, 0.25) is 12.2 Å². The zero-order valence-electron chi connectivity index (χ0n) is 9.51. The zero-order valence-corrected chi connectivity index (χ0v) is 9.51. The fourth-order valence-corrected chi connectivity index (χ4v) is 0.977. The Balaban J connectivity index is 4.54. The Labute approximate surface area is 89.7 Å². The number of amides is 1. The fourth-order valence-electron chi connectivity index (χ4n) is 0.977. The SMILES string of the molecule is C=C(C)C(=O)NC(C)C(=O)C(C)(C)[C]=O. The summed E-state index contributed by atoms with van der Waals surface area (Å²) < 4.78 is 0. The number of nitrogens with one attached hydrogen (secondary N) is 1. The van der Waals surface area contributed by atoms with E-state index < -0.39 is 17.4 Å². The first kappa shape index (κ1) is 13.5. The van der Waals surface area contributed by atoms with Gasteiger partial charge in [-0.1, -0.05) is 6.58 Å². The molecule has 0 aromatic rings. The third-order valence-corrected chi connectivity index (χ3v) is 2.00. The van der Waals surface area contributed by atoms with Crippen molar-refractivity contribution >= 4 is 18.0 Å². The van der Waals surface area contributed by atoms with Crippen LogP contribution in [-0.4, -0.2) is 24.0 Å². The van der Waals surface area contributed by atoms with E-state index in [2.05, 4.69) is 11.9 Å². The number of ketones is 1. The van der Waals surface area contributed by atoms with E-state index in [1.165, 1.54) is 20.8 Å². The quantitative estimate of drug-likeness (QED) is 0.538. The van der Waals surface area contributed by atoms with Gasteiger partial charge < -0.3 is 5.32 Å². The first-order chi connectivity index (χ1) is 6.72. The summed E-state index contributed by atoms with van der Waals surface area (Å²) in [5, 5.41) is 2.45. The Morgan fingerprint density at radius 1 is 1.40 bits per heavy atom. The maximum absolute atomic E-state index is 11.6. The molecule has 0 saturated carbocycles. The number of Topliss-reactive ketones (excluding diaryl/α,β-unsaturated/α-hetero) is 1. The minimum Gasteiger partial charge on any atom is -0.343 e. The Bertz CT molecular complexity index is 305. The molecule has 0 aromatic heterocycles. The molecule has 0 rings (SSSR count). The third-order valence-electron chi connectivity index (χ3n) is 2.00. The molecule has 0 fully saturated rings. The molecule has 0 aliphatic rings. The van der Waals surface area contributed by atoms with E-state index >= 15 is 0 Å². The van der Waals surface area contributed by atoms with E-state index in [9.17, 15) is 14.4 Å². The van der Waals surface area contributed by atoms with Gasteiger partial charge in [-0.15, -0.1) is 0 Å². The molecule has 83 valence electrons. The molecule has 15 heavy (non-hydrogen) atoms. The van der Waals surface area contributed by atoms with Crippen LogP contribution in [0.15, 0.2) is 12.2 Å². The van der Waals surface area contributed by atoms with E-state index in [1.54, 1.807) is 13.2 Å². The zero-order chi connectivity index (χ0) is 12.2. The minimum atomic E-state index is -1.19. The molecular formula is C11H16NO3. The van der Waals surface area contributed by atoms with Crippen molar-refractivity contribution in [1.82, 2.24) is 5.32 Å². The van der Waals surface area contributed by atoms with Gasteiger partial charge in [-0.3, -0.25) is 14.4 Å². The van der Waals surface area contributed by atoms with Crippen LogP contribution in [0.5, 0.6) is 0 Å². The highest BCUT2D eigenvalue weighted by Gasteiger charge is 2.32. The smallest absolute Gasteiger partial charge is 0.246 e. The Kier molecular flexibility index (Phi) is 4.40. The summed E-state index contributed by atoms with van der Waals surface area (Å²) in [4.78, 5) is 33.4. The lowest BCUT2D eigenvalue weighted by atomic mass is 9.86. The first-order valence-corrected chi connectivity index (χ1v) is 4.62.